The largest absolute Gasteiger partial charge is 0.340 e. The highest BCUT2D eigenvalue weighted by Gasteiger charge is 2.27. The van der Waals surface area contributed by atoms with Gasteiger partial charge in [-0.2, -0.15) is 0 Å². The van der Waals surface area contributed by atoms with Gasteiger partial charge in [-0.1, -0.05) is 57.5 Å². The van der Waals surface area contributed by atoms with Crippen LogP contribution in [0.15, 0.2) is 54.6 Å². The molecule has 6 nitrogen and oxygen atoms in total. The van der Waals surface area contributed by atoms with Gasteiger partial charge in [0.05, 0.1) is 11.0 Å². The third-order valence-corrected chi connectivity index (χ3v) is 5.15. The van der Waals surface area contributed by atoms with Crippen molar-refractivity contribution < 1.29 is 9.59 Å². The minimum atomic E-state index is -0.650. The summed E-state index contributed by atoms with van der Waals surface area (Å²) >= 11 is 0. The van der Waals surface area contributed by atoms with E-state index in [0.717, 1.165) is 30.4 Å². The zero-order chi connectivity index (χ0) is 20.8. The van der Waals surface area contributed by atoms with E-state index in [-0.39, 0.29) is 17.7 Å². The molecule has 2 N–H and O–H groups in total. The predicted octanol–water partition coefficient (Wildman–Crippen LogP) is 4.23. The zero-order valence-electron chi connectivity index (χ0n) is 17.2. The van der Waals surface area contributed by atoms with E-state index >= 15 is 0 Å². The summed E-state index contributed by atoms with van der Waals surface area (Å²) in [7, 11) is 0. The molecule has 3 rings (SSSR count). The van der Waals surface area contributed by atoms with Crippen molar-refractivity contribution in [1.29, 1.82) is 0 Å². The number of aromatic nitrogens is 2. The quantitative estimate of drug-likeness (QED) is 0.602. The number of carbonyl (C=O) groups excluding carboxylic acids is 2. The van der Waals surface area contributed by atoms with Crippen molar-refractivity contribution in [2.24, 2.45) is 5.92 Å². The summed E-state index contributed by atoms with van der Waals surface area (Å²) in [6, 6.07) is 16.1. The van der Waals surface area contributed by atoms with Gasteiger partial charge in [-0.15, -0.1) is 0 Å². The minimum absolute atomic E-state index is 0.0216. The van der Waals surface area contributed by atoms with Crippen LogP contribution >= 0.6 is 0 Å². The second-order valence-corrected chi connectivity index (χ2v) is 7.27. The number of aryl methyl sites for hydroxylation is 1. The predicted molar refractivity (Wildman–Crippen MR) is 116 cm³/mol. The summed E-state index contributed by atoms with van der Waals surface area (Å²) in [5.41, 5.74) is 2.36. The summed E-state index contributed by atoms with van der Waals surface area (Å²) in [6.07, 6.45) is 1.68. The zero-order valence-corrected chi connectivity index (χ0v) is 17.2. The Bertz CT molecular complexity index is 981. The summed E-state index contributed by atoms with van der Waals surface area (Å²) in [5, 5.41) is 5.86. The maximum atomic E-state index is 13.1. The Labute approximate surface area is 171 Å². The maximum Gasteiger partial charge on any atom is 0.251 e. The van der Waals surface area contributed by atoms with Gasteiger partial charge in [0.25, 0.3) is 5.91 Å². The van der Waals surface area contributed by atoms with E-state index in [0.29, 0.717) is 11.5 Å². The molecule has 0 saturated heterocycles. The molecule has 29 heavy (non-hydrogen) atoms. The van der Waals surface area contributed by atoms with Crippen molar-refractivity contribution in [3.63, 3.8) is 0 Å². The Kier molecular flexibility index (Phi) is 6.65. The second kappa shape index (κ2) is 9.37. The highest BCUT2D eigenvalue weighted by molar-refractivity contribution is 6.01. The second-order valence-electron chi connectivity index (χ2n) is 7.27. The van der Waals surface area contributed by atoms with Gasteiger partial charge in [0.1, 0.15) is 6.04 Å². The van der Waals surface area contributed by atoms with Crippen molar-refractivity contribution in [1.82, 2.24) is 14.9 Å². The van der Waals surface area contributed by atoms with Gasteiger partial charge in [0.2, 0.25) is 11.9 Å². The maximum absolute atomic E-state index is 13.1. The summed E-state index contributed by atoms with van der Waals surface area (Å²) < 4.78 is 2.01. The van der Waals surface area contributed by atoms with Crippen molar-refractivity contribution in [3.8, 4) is 0 Å². The molecule has 152 valence electrons. The molecule has 0 aliphatic carbocycles. The molecule has 0 radical (unpaired) electrons. The lowest BCUT2D eigenvalue weighted by Gasteiger charge is -2.23. The van der Waals surface area contributed by atoms with Crippen LogP contribution in [0.3, 0.4) is 0 Å². The number of benzene rings is 2. The molecule has 0 bridgehead atoms. The van der Waals surface area contributed by atoms with Crippen molar-refractivity contribution in [2.45, 2.75) is 46.2 Å². The fourth-order valence-electron chi connectivity index (χ4n) is 3.32. The van der Waals surface area contributed by atoms with Crippen LogP contribution in [0, 0.1) is 5.92 Å². The number of anilines is 1. The van der Waals surface area contributed by atoms with Gasteiger partial charge < -0.3 is 9.88 Å². The Morgan fingerprint density at radius 3 is 2.41 bits per heavy atom. The molecule has 0 spiro atoms. The molecule has 1 aromatic heterocycles. The Hall–Kier alpha value is -3.15. The van der Waals surface area contributed by atoms with Crippen molar-refractivity contribution in [3.05, 3.63) is 60.2 Å². The number of para-hydroxylation sites is 2. The standard InChI is InChI=1S/C23H28N4O2/c1-4-15-27-19-14-10-9-13-18(19)24-23(27)26-22(29)20(16(3)5-2)25-21(28)17-11-7-6-8-12-17/h6-14,16,20H,4-5,15H2,1-3H3,(H,25,28)(H,24,26,29). The van der Waals surface area contributed by atoms with Gasteiger partial charge >= 0.3 is 0 Å². The topological polar surface area (TPSA) is 76.0 Å². The van der Waals surface area contributed by atoms with Gasteiger partial charge in [-0.25, -0.2) is 4.98 Å². The first kappa shape index (κ1) is 20.6. The number of imidazole rings is 1. The Morgan fingerprint density at radius 1 is 1.03 bits per heavy atom. The lowest BCUT2D eigenvalue weighted by Crippen LogP contribution is -2.48. The molecule has 0 aliphatic heterocycles. The van der Waals surface area contributed by atoms with E-state index in [1.54, 1.807) is 24.3 Å². The minimum Gasteiger partial charge on any atom is -0.340 e. The van der Waals surface area contributed by atoms with E-state index in [2.05, 4.69) is 22.5 Å². The monoisotopic (exact) mass is 392 g/mol. The van der Waals surface area contributed by atoms with Crippen molar-refractivity contribution in [2.75, 3.05) is 5.32 Å². The molecule has 0 aliphatic rings. The van der Waals surface area contributed by atoms with Crippen LogP contribution in [-0.2, 0) is 11.3 Å². The molecule has 2 aromatic carbocycles. The molecule has 1 heterocycles. The highest BCUT2D eigenvalue weighted by Crippen LogP contribution is 2.21. The van der Waals surface area contributed by atoms with Crippen molar-refractivity contribution >= 4 is 28.8 Å². The number of rotatable bonds is 8. The first-order valence-corrected chi connectivity index (χ1v) is 10.2. The molecular formula is C23H28N4O2. The highest BCUT2D eigenvalue weighted by atomic mass is 16.2. The third-order valence-electron chi connectivity index (χ3n) is 5.15. The Morgan fingerprint density at radius 2 is 1.72 bits per heavy atom. The van der Waals surface area contributed by atoms with E-state index < -0.39 is 6.04 Å². The molecule has 2 amide bonds. The van der Waals surface area contributed by atoms with Crippen LogP contribution in [0.1, 0.15) is 44.0 Å². The van der Waals surface area contributed by atoms with Crippen LogP contribution in [0.2, 0.25) is 0 Å². The van der Waals surface area contributed by atoms with Crippen LogP contribution in [0.4, 0.5) is 5.95 Å². The number of hydrogen-bond donors (Lipinski definition) is 2. The van der Waals surface area contributed by atoms with Gasteiger partial charge in [0.15, 0.2) is 0 Å². The fraction of sp³-hybridized carbons (Fsp3) is 0.348. The first-order chi connectivity index (χ1) is 14.0. The third kappa shape index (κ3) is 4.65. The smallest absolute Gasteiger partial charge is 0.251 e. The molecule has 0 fully saturated rings. The Balaban J connectivity index is 1.84. The lowest BCUT2D eigenvalue weighted by atomic mass is 9.98. The number of nitrogens with one attached hydrogen (secondary N) is 2. The van der Waals surface area contributed by atoms with E-state index in [1.165, 1.54) is 0 Å². The SMILES string of the molecule is CCCn1c(NC(=O)C(NC(=O)c2ccccc2)C(C)CC)nc2ccccc21. The first-order valence-electron chi connectivity index (χ1n) is 10.2. The average Bonchev–Trinajstić information content (AvgIpc) is 3.09. The average molecular weight is 393 g/mol. The molecule has 2 unspecified atom stereocenters. The number of fused-ring (bicyclic) bond motifs is 1. The van der Waals surface area contributed by atoms with Gasteiger partial charge in [0, 0.05) is 12.1 Å². The van der Waals surface area contributed by atoms with Crippen LogP contribution in [0.25, 0.3) is 11.0 Å². The van der Waals surface area contributed by atoms with E-state index in [1.807, 2.05) is 48.7 Å². The molecule has 3 aromatic rings. The normalized spacial score (nSPS) is 13.1. The molecule has 6 heteroatoms. The van der Waals surface area contributed by atoms with E-state index in [9.17, 15) is 9.59 Å². The van der Waals surface area contributed by atoms with Crippen LogP contribution < -0.4 is 10.6 Å². The van der Waals surface area contributed by atoms with Gasteiger partial charge in [-0.05, 0) is 36.6 Å². The summed E-state index contributed by atoms with van der Waals surface area (Å²) in [4.78, 5) is 30.4. The lowest BCUT2D eigenvalue weighted by molar-refractivity contribution is -0.119. The molecule has 2 atom stereocenters. The summed E-state index contributed by atoms with van der Waals surface area (Å²) in [6.45, 7) is 6.80. The number of nitrogens with zero attached hydrogens (tertiary/aromatic N) is 2. The van der Waals surface area contributed by atoms with Gasteiger partial charge in [-0.3, -0.25) is 14.9 Å². The molecular weight excluding hydrogens is 364 g/mol. The fourth-order valence-corrected chi connectivity index (χ4v) is 3.32. The van der Waals surface area contributed by atoms with Crippen LogP contribution in [-0.4, -0.2) is 27.4 Å². The molecule has 0 saturated carbocycles. The number of hydrogen-bond acceptors (Lipinski definition) is 3. The van der Waals surface area contributed by atoms with Crippen LogP contribution in [0.5, 0.6) is 0 Å². The summed E-state index contributed by atoms with van der Waals surface area (Å²) in [5.74, 6) is -0.0172. The number of amides is 2. The van der Waals surface area contributed by atoms with E-state index in [4.69, 9.17) is 0 Å². The number of carbonyl (C=O) groups is 2.